The van der Waals surface area contributed by atoms with Gasteiger partial charge in [0, 0.05) is 0 Å². The number of anilines is 1. The summed E-state index contributed by atoms with van der Waals surface area (Å²) in [6.07, 6.45) is 1.44. The minimum Gasteiger partial charge on any atom is -0.320 e. The van der Waals surface area contributed by atoms with Gasteiger partial charge in [-0.3, -0.25) is 4.79 Å². The van der Waals surface area contributed by atoms with Crippen LogP contribution in [0.1, 0.15) is 15.9 Å². The van der Waals surface area contributed by atoms with Crippen molar-refractivity contribution in [2.24, 2.45) is 0 Å². The number of rotatable bonds is 2. The summed E-state index contributed by atoms with van der Waals surface area (Å²) in [5, 5.41) is 2.94. The summed E-state index contributed by atoms with van der Waals surface area (Å²) in [6.45, 7) is 1.78. The van der Waals surface area contributed by atoms with E-state index >= 15 is 0 Å². The Hall–Kier alpha value is -1.46. The molecule has 0 saturated heterocycles. The minimum atomic E-state index is -0.598. The largest absolute Gasteiger partial charge is 0.320 e. The van der Waals surface area contributed by atoms with Crippen molar-refractivity contribution in [1.82, 2.24) is 4.98 Å². The molecule has 0 aliphatic carbocycles. The van der Waals surface area contributed by atoms with E-state index in [2.05, 4.69) is 26.2 Å². The van der Waals surface area contributed by atoms with E-state index in [1.54, 1.807) is 19.1 Å². The van der Waals surface area contributed by atoms with Crippen molar-refractivity contribution in [3.63, 3.8) is 0 Å². The minimum absolute atomic E-state index is 0.0382. The van der Waals surface area contributed by atoms with Gasteiger partial charge in [-0.25, -0.2) is 9.37 Å². The van der Waals surface area contributed by atoms with Gasteiger partial charge >= 0.3 is 0 Å². The van der Waals surface area contributed by atoms with Gasteiger partial charge in [-0.1, -0.05) is 17.7 Å². The molecule has 1 heterocycles. The lowest BCUT2D eigenvalue weighted by Crippen LogP contribution is -2.15. The molecule has 1 N–H and O–H groups in total. The Bertz CT molecular complexity index is 649. The molecule has 3 nitrogen and oxygen atoms in total. The normalized spacial score (nSPS) is 10.3. The molecule has 19 heavy (non-hydrogen) atoms. The maximum Gasteiger partial charge on any atom is 0.258 e. The SMILES string of the molecule is Cc1cc(Cl)ncc1NC(=O)c1cccc(Br)c1F. The number of pyridine rings is 1. The number of halogens is 3. The van der Waals surface area contributed by atoms with E-state index in [4.69, 9.17) is 11.6 Å². The number of aromatic nitrogens is 1. The van der Waals surface area contributed by atoms with E-state index in [0.29, 0.717) is 10.8 Å². The van der Waals surface area contributed by atoms with Crippen LogP contribution in [-0.4, -0.2) is 10.9 Å². The maximum atomic E-state index is 13.8. The van der Waals surface area contributed by atoms with Crippen LogP contribution >= 0.6 is 27.5 Å². The highest BCUT2D eigenvalue weighted by molar-refractivity contribution is 9.10. The molecular weight excluding hydrogens is 335 g/mol. The Labute approximate surface area is 122 Å². The number of benzene rings is 1. The molecule has 0 radical (unpaired) electrons. The first-order valence-corrected chi connectivity index (χ1v) is 6.53. The summed E-state index contributed by atoms with van der Waals surface area (Å²) < 4.78 is 14.0. The van der Waals surface area contributed by atoms with Crippen molar-refractivity contribution < 1.29 is 9.18 Å². The lowest BCUT2D eigenvalue weighted by molar-refractivity contribution is 0.102. The monoisotopic (exact) mass is 342 g/mol. The quantitative estimate of drug-likeness (QED) is 0.831. The highest BCUT2D eigenvalue weighted by Gasteiger charge is 2.14. The van der Waals surface area contributed by atoms with Crippen molar-refractivity contribution in [2.75, 3.05) is 5.32 Å². The van der Waals surface area contributed by atoms with Gasteiger partial charge in [0.1, 0.15) is 11.0 Å². The fourth-order valence-corrected chi connectivity index (χ4v) is 2.10. The Morgan fingerprint density at radius 1 is 1.47 bits per heavy atom. The van der Waals surface area contributed by atoms with Gasteiger partial charge in [0.2, 0.25) is 0 Å². The third-order valence-corrected chi connectivity index (χ3v) is 3.34. The Morgan fingerprint density at radius 2 is 2.21 bits per heavy atom. The molecule has 0 spiro atoms. The van der Waals surface area contributed by atoms with Crippen LogP contribution < -0.4 is 5.32 Å². The molecule has 0 unspecified atom stereocenters. The lowest BCUT2D eigenvalue weighted by Gasteiger charge is -2.09. The highest BCUT2D eigenvalue weighted by atomic mass is 79.9. The highest BCUT2D eigenvalue weighted by Crippen LogP contribution is 2.21. The van der Waals surface area contributed by atoms with Gasteiger partial charge in [-0.05, 0) is 46.6 Å². The van der Waals surface area contributed by atoms with E-state index in [1.165, 1.54) is 18.3 Å². The van der Waals surface area contributed by atoms with Crippen molar-refractivity contribution in [2.45, 2.75) is 6.92 Å². The lowest BCUT2D eigenvalue weighted by atomic mass is 10.2. The van der Waals surface area contributed by atoms with E-state index in [-0.39, 0.29) is 10.0 Å². The first-order valence-electron chi connectivity index (χ1n) is 5.36. The van der Waals surface area contributed by atoms with Gasteiger partial charge in [0.05, 0.1) is 21.9 Å². The molecule has 1 aromatic carbocycles. The Morgan fingerprint density at radius 3 is 2.89 bits per heavy atom. The average Bonchev–Trinajstić information content (AvgIpc) is 2.36. The van der Waals surface area contributed by atoms with Crippen molar-refractivity contribution >= 4 is 39.1 Å². The summed E-state index contributed by atoms with van der Waals surface area (Å²) in [5.41, 5.74) is 1.21. The maximum absolute atomic E-state index is 13.8. The summed E-state index contributed by atoms with van der Waals surface area (Å²) in [4.78, 5) is 15.9. The number of amides is 1. The molecule has 0 fully saturated rings. The van der Waals surface area contributed by atoms with Crippen LogP contribution in [0.3, 0.4) is 0 Å². The van der Waals surface area contributed by atoms with Gasteiger partial charge in [0.25, 0.3) is 5.91 Å². The van der Waals surface area contributed by atoms with Gasteiger partial charge < -0.3 is 5.32 Å². The van der Waals surface area contributed by atoms with Crippen molar-refractivity contribution in [3.05, 3.63) is 57.0 Å². The number of carbonyl (C=O) groups excluding carboxylic acids is 1. The predicted molar refractivity (Wildman–Crippen MR) is 76.0 cm³/mol. The van der Waals surface area contributed by atoms with Crippen molar-refractivity contribution in [3.8, 4) is 0 Å². The summed E-state index contributed by atoms with van der Waals surface area (Å²) in [7, 11) is 0. The predicted octanol–water partition coefficient (Wildman–Crippen LogP) is 4.20. The number of carbonyl (C=O) groups is 1. The van der Waals surface area contributed by atoms with E-state index in [9.17, 15) is 9.18 Å². The molecule has 1 amide bonds. The third kappa shape index (κ3) is 3.11. The van der Waals surface area contributed by atoms with E-state index in [0.717, 1.165) is 5.56 Å². The van der Waals surface area contributed by atoms with Crippen LogP contribution in [0.25, 0.3) is 0 Å². The van der Waals surface area contributed by atoms with Crippen LogP contribution in [0.2, 0.25) is 5.15 Å². The molecule has 0 aliphatic rings. The molecule has 0 bridgehead atoms. The molecule has 0 saturated carbocycles. The average molecular weight is 344 g/mol. The van der Waals surface area contributed by atoms with Gasteiger partial charge in [0.15, 0.2) is 0 Å². The number of aryl methyl sites for hydroxylation is 1. The molecule has 1 aromatic heterocycles. The summed E-state index contributed by atoms with van der Waals surface area (Å²) in [6, 6.07) is 6.15. The molecule has 0 atom stereocenters. The van der Waals surface area contributed by atoms with Crippen LogP contribution in [-0.2, 0) is 0 Å². The molecule has 2 rings (SSSR count). The molecule has 2 aromatic rings. The molecular formula is C13H9BrClFN2O. The smallest absolute Gasteiger partial charge is 0.258 e. The van der Waals surface area contributed by atoms with Crippen molar-refractivity contribution in [1.29, 1.82) is 0 Å². The molecule has 98 valence electrons. The second-order valence-corrected chi connectivity index (χ2v) is 5.12. The molecule has 6 heteroatoms. The van der Waals surface area contributed by atoms with E-state index in [1.807, 2.05) is 0 Å². The van der Waals surface area contributed by atoms with Gasteiger partial charge in [-0.2, -0.15) is 0 Å². The second kappa shape index (κ2) is 5.67. The number of hydrogen-bond donors (Lipinski definition) is 1. The first kappa shape index (κ1) is 14.0. The number of nitrogens with zero attached hydrogens (tertiary/aromatic N) is 1. The van der Waals surface area contributed by atoms with Gasteiger partial charge in [-0.15, -0.1) is 0 Å². The van der Waals surface area contributed by atoms with E-state index < -0.39 is 11.7 Å². The fraction of sp³-hybridized carbons (Fsp3) is 0.0769. The standard InChI is InChI=1S/C13H9BrClFN2O/c1-7-5-11(15)17-6-10(7)18-13(19)8-3-2-4-9(14)12(8)16/h2-6H,1H3,(H,18,19). The zero-order chi connectivity index (χ0) is 14.0. The molecule has 0 aliphatic heterocycles. The fourth-order valence-electron chi connectivity index (χ4n) is 1.52. The first-order chi connectivity index (χ1) is 8.99. The zero-order valence-corrected chi connectivity index (χ0v) is 12.2. The van der Waals surface area contributed by atoms with Crippen LogP contribution in [0.5, 0.6) is 0 Å². The number of nitrogens with one attached hydrogen (secondary N) is 1. The summed E-state index contributed by atoms with van der Waals surface area (Å²) in [5.74, 6) is -1.13. The summed E-state index contributed by atoms with van der Waals surface area (Å²) >= 11 is 8.77. The Balaban J connectivity index is 2.28. The second-order valence-electron chi connectivity index (χ2n) is 3.88. The topological polar surface area (TPSA) is 42.0 Å². The number of hydrogen-bond acceptors (Lipinski definition) is 2. The van der Waals surface area contributed by atoms with Crippen LogP contribution in [0, 0.1) is 12.7 Å². The Kier molecular flexibility index (Phi) is 4.17. The van der Waals surface area contributed by atoms with Crippen LogP contribution in [0.15, 0.2) is 34.9 Å². The third-order valence-electron chi connectivity index (χ3n) is 2.52. The van der Waals surface area contributed by atoms with Crippen LogP contribution in [0.4, 0.5) is 10.1 Å². The zero-order valence-electron chi connectivity index (χ0n) is 9.88.